The number of carbonyl (C=O) groups is 2. The molecule has 0 bridgehead atoms. The number of aliphatic hydroxyl groups excluding tert-OH is 2. The monoisotopic (exact) mass is 625 g/mol. The zero-order valence-electron chi connectivity index (χ0n) is 29.7. The Balaban J connectivity index is 3.78. The zero-order valence-corrected chi connectivity index (χ0v) is 29.7. The van der Waals surface area contributed by atoms with Crippen molar-refractivity contribution in [3.05, 3.63) is 0 Å². The van der Waals surface area contributed by atoms with Gasteiger partial charge in [0, 0.05) is 19.3 Å². The van der Waals surface area contributed by atoms with E-state index >= 15 is 0 Å². The Kier molecular flexibility index (Phi) is 30.3. The van der Waals surface area contributed by atoms with Crippen LogP contribution in [0, 0.1) is 0 Å². The Hall–Kier alpha value is -0.780. The number of Topliss-reactive ketones (excluding diaryl/α,β-unsaturated/α-hetero) is 2. The molecule has 44 heavy (non-hydrogen) atoms. The molecule has 0 saturated carbocycles. The summed E-state index contributed by atoms with van der Waals surface area (Å²) in [7, 11) is 0. The van der Waals surface area contributed by atoms with Gasteiger partial charge in [0.1, 0.15) is 12.2 Å². The van der Waals surface area contributed by atoms with E-state index in [9.17, 15) is 24.9 Å². The van der Waals surface area contributed by atoms with Crippen molar-refractivity contribution in [2.45, 2.75) is 238 Å². The molecule has 0 heterocycles. The van der Waals surface area contributed by atoms with Crippen LogP contribution in [0.25, 0.3) is 0 Å². The number of rotatable bonds is 35. The SMILES string of the molecule is CCCCCCCCCCCCCCCC(=O)C(O)CCC(C)(O)CC(O)C(=O)CCCCCCCCCCCCCCC. The van der Waals surface area contributed by atoms with Gasteiger partial charge in [-0.15, -0.1) is 0 Å². The van der Waals surface area contributed by atoms with Gasteiger partial charge in [0.05, 0.1) is 5.60 Å². The molecule has 3 atom stereocenters. The summed E-state index contributed by atoms with van der Waals surface area (Å²) in [5.41, 5.74) is -1.29. The number of unbranched alkanes of at least 4 members (excludes halogenated alkanes) is 24. The first-order chi connectivity index (χ1) is 21.2. The van der Waals surface area contributed by atoms with Gasteiger partial charge in [-0.2, -0.15) is 0 Å². The second-order valence-corrected chi connectivity index (χ2v) is 14.2. The maximum atomic E-state index is 12.4. The Morgan fingerprint density at radius 2 is 0.750 bits per heavy atom. The lowest BCUT2D eigenvalue weighted by atomic mass is 9.88. The zero-order chi connectivity index (χ0) is 32.7. The van der Waals surface area contributed by atoms with Crippen molar-refractivity contribution in [2.75, 3.05) is 0 Å². The Morgan fingerprint density at radius 3 is 1.07 bits per heavy atom. The van der Waals surface area contributed by atoms with E-state index in [1.165, 1.54) is 128 Å². The van der Waals surface area contributed by atoms with Gasteiger partial charge in [-0.25, -0.2) is 0 Å². The maximum absolute atomic E-state index is 12.4. The number of hydrogen-bond acceptors (Lipinski definition) is 5. The average molecular weight is 625 g/mol. The summed E-state index contributed by atoms with van der Waals surface area (Å²) in [5.74, 6) is -0.379. The van der Waals surface area contributed by atoms with Crippen LogP contribution in [0.15, 0.2) is 0 Å². The highest BCUT2D eigenvalue weighted by atomic mass is 16.3. The molecule has 0 aromatic rings. The third-order valence-corrected chi connectivity index (χ3v) is 9.39. The van der Waals surface area contributed by atoms with Crippen molar-refractivity contribution < 1.29 is 24.9 Å². The van der Waals surface area contributed by atoms with E-state index < -0.39 is 17.8 Å². The van der Waals surface area contributed by atoms with Crippen LogP contribution in [0.3, 0.4) is 0 Å². The van der Waals surface area contributed by atoms with Gasteiger partial charge in [-0.1, -0.05) is 168 Å². The van der Waals surface area contributed by atoms with Crippen molar-refractivity contribution in [1.82, 2.24) is 0 Å². The van der Waals surface area contributed by atoms with Crippen LogP contribution in [0.2, 0.25) is 0 Å². The molecule has 0 radical (unpaired) electrons. The van der Waals surface area contributed by atoms with E-state index in [-0.39, 0.29) is 30.8 Å². The van der Waals surface area contributed by atoms with Crippen molar-refractivity contribution in [1.29, 1.82) is 0 Å². The minimum Gasteiger partial charge on any atom is -0.390 e. The number of aliphatic hydroxyl groups is 3. The molecule has 5 heteroatoms. The van der Waals surface area contributed by atoms with Crippen molar-refractivity contribution >= 4 is 11.6 Å². The van der Waals surface area contributed by atoms with Crippen LogP contribution in [-0.2, 0) is 9.59 Å². The van der Waals surface area contributed by atoms with E-state index in [1.54, 1.807) is 6.92 Å². The molecule has 0 rings (SSSR count). The van der Waals surface area contributed by atoms with Gasteiger partial charge in [0.15, 0.2) is 11.6 Å². The van der Waals surface area contributed by atoms with E-state index in [4.69, 9.17) is 0 Å². The van der Waals surface area contributed by atoms with Gasteiger partial charge in [-0.05, 0) is 32.6 Å². The van der Waals surface area contributed by atoms with E-state index in [2.05, 4.69) is 13.8 Å². The molecular weight excluding hydrogens is 548 g/mol. The topological polar surface area (TPSA) is 94.8 Å². The number of ketones is 2. The van der Waals surface area contributed by atoms with Crippen LogP contribution in [0.5, 0.6) is 0 Å². The Labute approximate surface area is 273 Å². The van der Waals surface area contributed by atoms with E-state index in [0.29, 0.717) is 12.8 Å². The summed E-state index contributed by atoms with van der Waals surface area (Å²) in [4.78, 5) is 24.8. The molecule has 0 spiro atoms. The highest BCUT2D eigenvalue weighted by molar-refractivity contribution is 5.83. The fourth-order valence-electron chi connectivity index (χ4n) is 6.21. The molecule has 0 aromatic carbocycles. The molecule has 3 N–H and O–H groups in total. The summed E-state index contributed by atoms with van der Waals surface area (Å²) in [5, 5.41) is 31.4. The minimum atomic E-state index is -1.29. The van der Waals surface area contributed by atoms with Crippen LogP contribution >= 0.6 is 0 Å². The van der Waals surface area contributed by atoms with Crippen molar-refractivity contribution in [2.24, 2.45) is 0 Å². The molecule has 5 nitrogen and oxygen atoms in total. The van der Waals surface area contributed by atoms with Gasteiger partial charge >= 0.3 is 0 Å². The molecule has 0 amide bonds. The summed E-state index contributed by atoms with van der Waals surface area (Å²) >= 11 is 0. The summed E-state index contributed by atoms with van der Waals surface area (Å²) in [6, 6.07) is 0. The smallest absolute Gasteiger partial charge is 0.161 e. The summed E-state index contributed by atoms with van der Waals surface area (Å²) in [6.07, 6.45) is 31.2. The lowest BCUT2D eigenvalue weighted by Crippen LogP contribution is -2.35. The highest BCUT2D eigenvalue weighted by Gasteiger charge is 2.29. The van der Waals surface area contributed by atoms with Crippen molar-refractivity contribution in [3.63, 3.8) is 0 Å². The number of carbonyl (C=O) groups excluding carboxylic acids is 2. The maximum Gasteiger partial charge on any atom is 0.161 e. The van der Waals surface area contributed by atoms with Gasteiger partial charge < -0.3 is 15.3 Å². The molecule has 0 fully saturated rings. The lowest BCUT2D eigenvalue weighted by molar-refractivity contribution is -0.132. The van der Waals surface area contributed by atoms with E-state index in [0.717, 1.165) is 38.5 Å². The first kappa shape index (κ1) is 43.2. The highest BCUT2D eigenvalue weighted by Crippen LogP contribution is 2.23. The Bertz CT molecular complexity index is 646. The lowest BCUT2D eigenvalue weighted by Gasteiger charge is -2.26. The molecule has 262 valence electrons. The van der Waals surface area contributed by atoms with Crippen molar-refractivity contribution in [3.8, 4) is 0 Å². The fourth-order valence-corrected chi connectivity index (χ4v) is 6.21. The normalized spacial score (nSPS) is 14.4. The summed E-state index contributed by atoms with van der Waals surface area (Å²) in [6.45, 7) is 6.09. The van der Waals surface area contributed by atoms with Gasteiger partial charge in [0.25, 0.3) is 0 Å². The van der Waals surface area contributed by atoms with Crippen LogP contribution in [0.4, 0.5) is 0 Å². The van der Waals surface area contributed by atoms with Gasteiger partial charge in [-0.3, -0.25) is 9.59 Å². The predicted molar refractivity (Wildman–Crippen MR) is 187 cm³/mol. The average Bonchev–Trinajstić information content (AvgIpc) is 3.00. The number of hydrogen-bond donors (Lipinski definition) is 3. The first-order valence-electron chi connectivity index (χ1n) is 19.4. The standard InChI is InChI=1S/C39H76O5/c1-4-6-8-10-12-14-16-18-20-22-24-26-28-30-35(40)37(42)32-33-39(3,44)34-38(43)36(41)31-29-27-25-23-21-19-17-15-13-11-9-7-5-2/h37-38,42-44H,4-34H2,1-3H3. The third kappa shape index (κ3) is 28.7. The van der Waals surface area contributed by atoms with Gasteiger partial charge in [0.2, 0.25) is 0 Å². The Morgan fingerprint density at radius 1 is 0.477 bits per heavy atom. The second-order valence-electron chi connectivity index (χ2n) is 14.2. The largest absolute Gasteiger partial charge is 0.390 e. The van der Waals surface area contributed by atoms with Crippen LogP contribution in [-0.4, -0.2) is 44.7 Å². The quantitative estimate of drug-likeness (QED) is 0.0610. The summed E-state index contributed by atoms with van der Waals surface area (Å²) < 4.78 is 0. The molecule has 0 aliphatic heterocycles. The first-order valence-corrected chi connectivity index (χ1v) is 19.4. The van der Waals surface area contributed by atoms with E-state index in [1.807, 2.05) is 0 Å². The molecule has 0 aliphatic carbocycles. The molecule has 3 unspecified atom stereocenters. The molecule has 0 saturated heterocycles. The second kappa shape index (κ2) is 30.9. The van der Waals surface area contributed by atoms with Crippen LogP contribution in [0.1, 0.15) is 220 Å². The third-order valence-electron chi connectivity index (χ3n) is 9.39. The minimum absolute atomic E-state index is 0.0515. The molecule has 0 aliphatic rings. The molecule has 0 aromatic heterocycles. The predicted octanol–water partition coefficient (Wildman–Crippen LogP) is 10.7. The van der Waals surface area contributed by atoms with Crippen LogP contribution < -0.4 is 0 Å². The fraction of sp³-hybridized carbons (Fsp3) is 0.949. The molecular formula is C39H76O5.